The fourth-order valence-corrected chi connectivity index (χ4v) is 5.14. The Bertz CT molecular complexity index is 1370. The van der Waals surface area contributed by atoms with E-state index in [1.807, 2.05) is 0 Å². The van der Waals surface area contributed by atoms with Crippen LogP contribution >= 0.6 is 11.3 Å². The van der Waals surface area contributed by atoms with E-state index in [-0.39, 0.29) is 18.0 Å². The first-order chi connectivity index (χ1) is 17.7. The molecule has 1 fully saturated rings. The van der Waals surface area contributed by atoms with Crippen LogP contribution in [-0.4, -0.2) is 51.7 Å². The molecular weight excluding hydrogens is 523 g/mol. The van der Waals surface area contributed by atoms with E-state index in [1.165, 1.54) is 17.3 Å². The van der Waals surface area contributed by atoms with E-state index >= 15 is 0 Å². The first-order valence-corrected chi connectivity index (χ1v) is 12.7. The molecule has 204 valence electrons. The zero-order valence-corrected chi connectivity index (χ0v) is 22.1. The molecule has 4 rings (SSSR count). The van der Waals surface area contributed by atoms with E-state index in [9.17, 15) is 22.8 Å². The molecule has 1 aliphatic heterocycles. The number of likely N-dealkylation sites (tertiary alicyclic amines) is 1. The van der Waals surface area contributed by atoms with Gasteiger partial charge >= 0.3 is 12.3 Å². The van der Waals surface area contributed by atoms with Crippen LogP contribution in [0.2, 0.25) is 0 Å². The summed E-state index contributed by atoms with van der Waals surface area (Å²) in [7, 11) is 0. The Kier molecular flexibility index (Phi) is 7.42. The number of carbonyl (C=O) groups excluding carboxylic acids is 2. The summed E-state index contributed by atoms with van der Waals surface area (Å²) < 4.78 is 52.2. The predicted molar refractivity (Wildman–Crippen MR) is 137 cm³/mol. The van der Waals surface area contributed by atoms with Crippen molar-refractivity contribution in [1.29, 1.82) is 0 Å². The number of alkyl halides is 3. The maximum atomic E-state index is 13.6. The van der Waals surface area contributed by atoms with E-state index in [2.05, 4.69) is 15.3 Å². The van der Waals surface area contributed by atoms with Gasteiger partial charge in [0.25, 0.3) is 5.91 Å². The van der Waals surface area contributed by atoms with Crippen LogP contribution in [0.15, 0.2) is 24.5 Å². The number of nitrogens with one attached hydrogen (secondary N) is 1. The van der Waals surface area contributed by atoms with Crippen LogP contribution in [0.1, 0.15) is 54.4 Å². The number of fused-ring (bicyclic) bond motifs is 1. The van der Waals surface area contributed by atoms with Gasteiger partial charge in [0.2, 0.25) is 0 Å². The number of carbonyl (C=O) groups is 2. The summed E-state index contributed by atoms with van der Waals surface area (Å²) >= 11 is 1.11. The van der Waals surface area contributed by atoms with Gasteiger partial charge in [0.05, 0.1) is 28.1 Å². The summed E-state index contributed by atoms with van der Waals surface area (Å²) in [6.07, 6.45) is -3.23. The molecule has 0 aliphatic carbocycles. The van der Waals surface area contributed by atoms with Crippen LogP contribution in [0.25, 0.3) is 10.2 Å². The molecule has 0 spiro atoms. The lowest BCUT2D eigenvalue weighted by molar-refractivity contribution is -0.137. The van der Waals surface area contributed by atoms with Crippen molar-refractivity contribution >= 4 is 45.1 Å². The summed E-state index contributed by atoms with van der Waals surface area (Å²) in [5, 5.41) is 3.58. The van der Waals surface area contributed by atoms with Crippen LogP contribution in [-0.2, 0) is 10.9 Å². The number of halogens is 3. The topological polar surface area (TPSA) is 120 Å². The number of hydrogen-bond acceptors (Lipinski definition) is 8. The SMILES string of the molecule is Cc1c(C(N)=O)sc2ncnc(Nc3ccc(C(F)(F)F)cc3O[C@H]3CCCN(C(=O)OC(C)(C)C)C3)c12. The Morgan fingerprint density at radius 1 is 1.21 bits per heavy atom. The van der Waals surface area contributed by atoms with Gasteiger partial charge in [-0.05, 0) is 64.3 Å². The fourth-order valence-electron chi connectivity index (χ4n) is 4.13. The molecule has 13 heteroatoms. The van der Waals surface area contributed by atoms with Crippen molar-refractivity contribution in [3.63, 3.8) is 0 Å². The van der Waals surface area contributed by atoms with Gasteiger partial charge < -0.3 is 25.4 Å². The highest BCUT2D eigenvalue weighted by atomic mass is 32.1. The second-order valence-electron chi connectivity index (χ2n) is 9.97. The summed E-state index contributed by atoms with van der Waals surface area (Å²) in [6, 6.07) is 3.12. The first-order valence-electron chi connectivity index (χ1n) is 11.9. The second-order valence-corrected chi connectivity index (χ2v) is 11.0. The third-order valence-corrected chi connectivity index (χ3v) is 7.05. The molecule has 0 saturated carbocycles. The summed E-state index contributed by atoms with van der Waals surface area (Å²) in [4.78, 5) is 35.1. The molecule has 1 saturated heterocycles. The van der Waals surface area contributed by atoms with Crippen molar-refractivity contribution in [2.75, 3.05) is 18.4 Å². The largest absolute Gasteiger partial charge is 0.486 e. The molecule has 2 aromatic heterocycles. The lowest BCUT2D eigenvalue weighted by Crippen LogP contribution is -2.46. The molecule has 3 N–H and O–H groups in total. The number of hydrogen-bond donors (Lipinski definition) is 2. The summed E-state index contributed by atoms with van der Waals surface area (Å²) in [5.74, 6) is -0.368. The van der Waals surface area contributed by atoms with Crippen LogP contribution in [0.3, 0.4) is 0 Å². The van der Waals surface area contributed by atoms with E-state index in [0.29, 0.717) is 45.9 Å². The highest BCUT2D eigenvalue weighted by Crippen LogP contribution is 2.39. The fraction of sp³-hybridized carbons (Fsp3) is 0.440. The molecule has 2 amide bonds. The molecule has 0 radical (unpaired) electrons. The van der Waals surface area contributed by atoms with Crippen molar-refractivity contribution in [2.45, 2.75) is 58.4 Å². The van der Waals surface area contributed by atoms with Gasteiger partial charge in [-0.2, -0.15) is 13.2 Å². The van der Waals surface area contributed by atoms with Gasteiger partial charge in [0.15, 0.2) is 0 Å². The van der Waals surface area contributed by atoms with Gasteiger partial charge in [0.1, 0.15) is 34.4 Å². The number of thiophene rings is 1. The van der Waals surface area contributed by atoms with Gasteiger partial charge in [-0.15, -0.1) is 11.3 Å². The number of anilines is 2. The Morgan fingerprint density at radius 2 is 1.95 bits per heavy atom. The zero-order valence-electron chi connectivity index (χ0n) is 21.3. The van der Waals surface area contributed by atoms with Crippen LogP contribution in [0, 0.1) is 6.92 Å². The number of nitrogens with zero attached hydrogens (tertiary/aromatic N) is 3. The molecule has 3 heterocycles. The smallest absolute Gasteiger partial charge is 0.416 e. The quantitative estimate of drug-likeness (QED) is 0.421. The number of rotatable bonds is 5. The second kappa shape index (κ2) is 10.3. The standard InChI is InChI=1S/C25H28F3N5O4S/c1-13-18-21(30-12-31-22(18)38-19(13)20(29)34)32-16-8-7-14(25(26,27)28)10-17(16)36-15-6-5-9-33(11-15)23(35)37-24(2,3)4/h7-8,10,12,15H,5-6,9,11H2,1-4H3,(H2,29,34)(H,30,31,32)/t15-/m0/s1. The van der Waals surface area contributed by atoms with Crippen molar-refractivity contribution in [2.24, 2.45) is 5.73 Å². The third-order valence-electron chi connectivity index (χ3n) is 5.84. The lowest BCUT2D eigenvalue weighted by atomic mass is 10.1. The molecular formula is C25H28F3N5O4S. The minimum Gasteiger partial charge on any atom is -0.486 e. The van der Waals surface area contributed by atoms with Crippen LogP contribution < -0.4 is 15.8 Å². The van der Waals surface area contributed by atoms with Crippen molar-refractivity contribution in [3.8, 4) is 5.75 Å². The Morgan fingerprint density at radius 3 is 2.61 bits per heavy atom. The number of aromatic nitrogens is 2. The maximum Gasteiger partial charge on any atom is 0.416 e. The maximum absolute atomic E-state index is 13.6. The Labute approximate surface area is 221 Å². The summed E-state index contributed by atoms with van der Waals surface area (Å²) in [6.45, 7) is 7.60. The van der Waals surface area contributed by atoms with Gasteiger partial charge in [-0.3, -0.25) is 4.79 Å². The van der Waals surface area contributed by atoms with Crippen LogP contribution in [0.4, 0.5) is 29.5 Å². The number of aryl methyl sites for hydroxylation is 1. The first kappa shape index (κ1) is 27.4. The highest BCUT2D eigenvalue weighted by molar-refractivity contribution is 7.20. The molecule has 38 heavy (non-hydrogen) atoms. The van der Waals surface area contributed by atoms with Gasteiger partial charge in [-0.25, -0.2) is 14.8 Å². The number of nitrogens with two attached hydrogens (primary N) is 1. The monoisotopic (exact) mass is 551 g/mol. The van der Waals surface area contributed by atoms with Gasteiger partial charge in [0, 0.05) is 6.54 Å². The van der Waals surface area contributed by atoms with Crippen molar-refractivity contribution in [3.05, 3.63) is 40.5 Å². The van der Waals surface area contributed by atoms with E-state index in [0.717, 1.165) is 23.5 Å². The zero-order chi connectivity index (χ0) is 27.8. The molecule has 3 aromatic rings. The van der Waals surface area contributed by atoms with E-state index < -0.39 is 35.4 Å². The van der Waals surface area contributed by atoms with E-state index in [4.69, 9.17) is 15.2 Å². The number of ether oxygens (including phenoxy) is 2. The minimum absolute atomic E-state index is 0.0503. The number of amides is 2. The third kappa shape index (κ3) is 6.09. The molecule has 9 nitrogen and oxygen atoms in total. The molecule has 1 aliphatic rings. The lowest BCUT2D eigenvalue weighted by Gasteiger charge is -2.34. The number of benzene rings is 1. The highest BCUT2D eigenvalue weighted by Gasteiger charge is 2.33. The average Bonchev–Trinajstić information content (AvgIpc) is 3.16. The molecule has 0 bridgehead atoms. The van der Waals surface area contributed by atoms with Gasteiger partial charge in [-0.1, -0.05) is 0 Å². The predicted octanol–water partition coefficient (Wildman–Crippen LogP) is 5.64. The molecule has 1 aromatic carbocycles. The van der Waals surface area contributed by atoms with Crippen LogP contribution in [0.5, 0.6) is 5.75 Å². The van der Waals surface area contributed by atoms with Crippen molar-refractivity contribution < 1.29 is 32.2 Å². The normalized spacial score (nSPS) is 16.4. The van der Waals surface area contributed by atoms with E-state index in [1.54, 1.807) is 27.7 Å². The molecule has 0 unspecified atom stereocenters. The number of piperidine rings is 1. The Hall–Kier alpha value is -3.61. The molecule has 1 atom stereocenters. The number of primary amides is 1. The minimum atomic E-state index is -4.59. The summed E-state index contributed by atoms with van der Waals surface area (Å²) in [5.41, 5.74) is 4.71. The Balaban J connectivity index is 1.66. The average molecular weight is 552 g/mol. The van der Waals surface area contributed by atoms with Crippen molar-refractivity contribution in [1.82, 2.24) is 14.9 Å².